The van der Waals surface area contributed by atoms with Gasteiger partial charge in [0.1, 0.15) is 5.75 Å². The number of aryl methyl sites for hydroxylation is 1. The van der Waals surface area contributed by atoms with Crippen LogP contribution < -0.4 is 5.56 Å². The number of benzene rings is 2. The molecule has 22 heavy (non-hydrogen) atoms. The van der Waals surface area contributed by atoms with Gasteiger partial charge in [0, 0.05) is 5.56 Å². The van der Waals surface area contributed by atoms with Gasteiger partial charge in [0.25, 0.3) is 5.56 Å². The van der Waals surface area contributed by atoms with E-state index in [1.807, 2.05) is 31.2 Å². The summed E-state index contributed by atoms with van der Waals surface area (Å²) in [7, 11) is 0. The van der Waals surface area contributed by atoms with E-state index in [-0.39, 0.29) is 17.0 Å². The third-order valence-corrected chi connectivity index (χ3v) is 3.19. The lowest BCUT2D eigenvalue weighted by Crippen LogP contribution is -1.96. The van der Waals surface area contributed by atoms with E-state index in [2.05, 4.69) is 20.4 Å². The normalized spacial score (nSPS) is 11.1. The zero-order valence-corrected chi connectivity index (χ0v) is 11.9. The molecule has 0 spiro atoms. The van der Waals surface area contributed by atoms with Crippen molar-refractivity contribution in [3.05, 3.63) is 64.4 Å². The lowest BCUT2D eigenvalue weighted by Gasteiger charge is -1.99. The highest BCUT2D eigenvalue weighted by atomic mass is 16.3. The van der Waals surface area contributed by atoms with Crippen molar-refractivity contribution in [1.82, 2.24) is 10.2 Å². The molecule has 1 aromatic heterocycles. The Labute approximate surface area is 126 Å². The van der Waals surface area contributed by atoms with E-state index < -0.39 is 0 Å². The average molecular weight is 294 g/mol. The highest BCUT2D eigenvalue weighted by Gasteiger charge is 2.11. The summed E-state index contributed by atoms with van der Waals surface area (Å²) in [5.41, 5.74) is 2.72. The second-order valence-corrected chi connectivity index (χ2v) is 4.89. The Bertz CT molecular complexity index is 876. The standard InChI is InChI=1S/C16H14N4O2/c1-10-5-7-12(8-6-10)17-19-15-14(18-20-16(15)22)11-3-2-4-13(21)9-11/h2-9,21H,1H3,(H2,18,20,22). The number of azo groups is 1. The van der Waals surface area contributed by atoms with Crippen molar-refractivity contribution in [3.8, 4) is 17.0 Å². The van der Waals surface area contributed by atoms with Crippen LogP contribution in [0.5, 0.6) is 5.75 Å². The zero-order valence-electron chi connectivity index (χ0n) is 11.9. The third kappa shape index (κ3) is 2.80. The van der Waals surface area contributed by atoms with Gasteiger partial charge in [-0.15, -0.1) is 5.11 Å². The lowest BCUT2D eigenvalue weighted by atomic mass is 10.1. The Hall–Kier alpha value is -3.15. The second kappa shape index (κ2) is 5.69. The van der Waals surface area contributed by atoms with Gasteiger partial charge in [-0.05, 0) is 31.2 Å². The number of hydrogen-bond acceptors (Lipinski definition) is 4. The molecule has 110 valence electrons. The molecule has 6 nitrogen and oxygen atoms in total. The molecule has 0 unspecified atom stereocenters. The molecule has 0 amide bonds. The Morgan fingerprint density at radius 2 is 1.77 bits per heavy atom. The Kier molecular flexibility index (Phi) is 3.57. The third-order valence-electron chi connectivity index (χ3n) is 3.19. The lowest BCUT2D eigenvalue weighted by molar-refractivity contribution is 0.475. The highest BCUT2D eigenvalue weighted by molar-refractivity contribution is 5.72. The van der Waals surface area contributed by atoms with Crippen molar-refractivity contribution in [2.45, 2.75) is 6.92 Å². The van der Waals surface area contributed by atoms with Gasteiger partial charge in [0.05, 0.1) is 11.4 Å². The molecule has 0 atom stereocenters. The molecule has 0 saturated heterocycles. The number of aromatic amines is 2. The van der Waals surface area contributed by atoms with E-state index >= 15 is 0 Å². The molecule has 0 aliphatic rings. The number of nitrogens with one attached hydrogen (secondary N) is 2. The van der Waals surface area contributed by atoms with E-state index in [1.54, 1.807) is 24.3 Å². The minimum Gasteiger partial charge on any atom is -0.508 e. The van der Waals surface area contributed by atoms with E-state index in [0.29, 0.717) is 16.9 Å². The number of aromatic hydroxyl groups is 1. The minimum atomic E-state index is -0.366. The zero-order chi connectivity index (χ0) is 15.5. The monoisotopic (exact) mass is 294 g/mol. The summed E-state index contributed by atoms with van der Waals surface area (Å²) in [6.45, 7) is 1.98. The predicted molar refractivity (Wildman–Crippen MR) is 83.9 cm³/mol. The fraction of sp³-hybridized carbons (Fsp3) is 0.0625. The first kappa shape index (κ1) is 13.8. The SMILES string of the molecule is Cc1ccc(N=Nc2c(-c3cccc(O)c3)[nH][nH]c2=O)cc1. The van der Waals surface area contributed by atoms with Crippen molar-refractivity contribution >= 4 is 11.4 Å². The van der Waals surface area contributed by atoms with Crippen LogP contribution in [0.15, 0.2) is 63.6 Å². The minimum absolute atomic E-state index is 0.112. The molecule has 0 radical (unpaired) electrons. The molecule has 0 aliphatic heterocycles. The Morgan fingerprint density at radius 1 is 1.00 bits per heavy atom. The summed E-state index contributed by atoms with van der Waals surface area (Å²) in [5.74, 6) is 0.112. The molecule has 3 N–H and O–H groups in total. The van der Waals surface area contributed by atoms with Crippen LogP contribution in [0.2, 0.25) is 0 Å². The van der Waals surface area contributed by atoms with Gasteiger partial charge in [-0.1, -0.05) is 29.8 Å². The molecular formula is C16H14N4O2. The summed E-state index contributed by atoms with van der Waals surface area (Å²) >= 11 is 0. The molecule has 1 heterocycles. The fourth-order valence-corrected chi connectivity index (χ4v) is 2.04. The molecule has 0 saturated carbocycles. The van der Waals surface area contributed by atoms with E-state index in [0.717, 1.165) is 5.56 Å². The first-order chi connectivity index (χ1) is 10.6. The first-order valence-corrected chi connectivity index (χ1v) is 6.72. The van der Waals surface area contributed by atoms with Crippen LogP contribution in [0.25, 0.3) is 11.3 Å². The largest absolute Gasteiger partial charge is 0.508 e. The summed E-state index contributed by atoms with van der Waals surface area (Å²) in [4.78, 5) is 11.9. The average Bonchev–Trinajstić information content (AvgIpc) is 2.88. The fourth-order valence-electron chi connectivity index (χ4n) is 2.04. The van der Waals surface area contributed by atoms with Gasteiger partial charge in [-0.2, -0.15) is 5.11 Å². The van der Waals surface area contributed by atoms with E-state index in [4.69, 9.17) is 0 Å². The van der Waals surface area contributed by atoms with Gasteiger partial charge in [-0.3, -0.25) is 15.0 Å². The molecule has 0 aliphatic carbocycles. The van der Waals surface area contributed by atoms with Gasteiger partial charge in [-0.25, -0.2) is 0 Å². The van der Waals surface area contributed by atoms with E-state index in [1.165, 1.54) is 0 Å². The maximum atomic E-state index is 11.9. The molecular weight excluding hydrogens is 280 g/mol. The Morgan fingerprint density at radius 3 is 2.50 bits per heavy atom. The van der Waals surface area contributed by atoms with Crippen molar-refractivity contribution in [2.24, 2.45) is 10.2 Å². The number of aromatic nitrogens is 2. The highest BCUT2D eigenvalue weighted by Crippen LogP contribution is 2.28. The molecule has 2 aromatic carbocycles. The smallest absolute Gasteiger partial charge is 0.292 e. The summed E-state index contributed by atoms with van der Waals surface area (Å²) < 4.78 is 0. The second-order valence-electron chi connectivity index (χ2n) is 4.89. The van der Waals surface area contributed by atoms with Crippen LogP contribution in [0, 0.1) is 6.92 Å². The van der Waals surface area contributed by atoms with Crippen LogP contribution in [0.1, 0.15) is 5.56 Å². The van der Waals surface area contributed by atoms with Crippen LogP contribution in [0.4, 0.5) is 11.4 Å². The molecule has 0 fully saturated rings. The maximum absolute atomic E-state index is 11.9. The van der Waals surface area contributed by atoms with Gasteiger partial charge in [0.15, 0.2) is 5.69 Å². The number of nitrogens with zero attached hydrogens (tertiary/aromatic N) is 2. The molecule has 3 rings (SSSR count). The van der Waals surface area contributed by atoms with Crippen molar-refractivity contribution < 1.29 is 5.11 Å². The topological polar surface area (TPSA) is 93.6 Å². The van der Waals surface area contributed by atoms with E-state index in [9.17, 15) is 9.90 Å². The van der Waals surface area contributed by atoms with Gasteiger partial charge < -0.3 is 5.11 Å². The molecule has 3 aromatic rings. The summed E-state index contributed by atoms with van der Waals surface area (Å²) in [6, 6.07) is 14.1. The number of rotatable bonds is 3. The number of phenolic OH excluding ortho intramolecular Hbond substituents is 1. The molecule has 0 bridgehead atoms. The number of hydrogen-bond donors (Lipinski definition) is 3. The van der Waals surface area contributed by atoms with Crippen molar-refractivity contribution in [3.63, 3.8) is 0 Å². The van der Waals surface area contributed by atoms with Crippen LogP contribution in [-0.4, -0.2) is 15.3 Å². The molecule has 6 heteroatoms. The van der Waals surface area contributed by atoms with Crippen molar-refractivity contribution in [2.75, 3.05) is 0 Å². The first-order valence-electron chi connectivity index (χ1n) is 6.72. The van der Waals surface area contributed by atoms with Crippen LogP contribution in [-0.2, 0) is 0 Å². The van der Waals surface area contributed by atoms with Crippen molar-refractivity contribution in [1.29, 1.82) is 0 Å². The maximum Gasteiger partial charge on any atom is 0.292 e. The quantitative estimate of drug-likeness (QED) is 0.641. The van der Waals surface area contributed by atoms with Gasteiger partial charge >= 0.3 is 0 Å². The summed E-state index contributed by atoms with van der Waals surface area (Å²) in [6.07, 6.45) is 0. The van der Waals surface area contributed by atoms with Gasteiger partial charge in [0.2, 0.25) is 0 Å². The number of H-pyrrole nitrogens is 2. The predicted octanol–water partition coefficient (Wildman–Crippen LogP) is 3.80. The van der Waals surface area contributed by atoms with Crippen LogP contribution in [0.3, 0.4) is 0 Å². The Balaban J connectivity index is 1.99. The summed E-state index contributed by atoms with van der Waals surface area (Å²) in [5, 5.41) is 22.9. The van der Waals surface area contributed by atoms with Crippen LogP contribution >= 0.6 is 0 Å². The number of phenols is 1.